The predicted octanol–water partition coefficient (Wildman–Crippen LogP) is 3.53. The lowest BCUT2D eigenvalue weighted by Gasteiger charge is -2.32. The maximum Gasteiger partial charge on any atom is 0.237 e. The molecule has 1 saturated heterocycles. The van der Waals surface area contributed by atoms with E-state index >= 15 is 0 Å². The summed E-state index contributed by atoms with van der Waals surface area (Å²) in [6.07, 6.45) is 3.94. The van der Waals surface area contributed by atoms with Gasteiger partial charge in [-0.15, -0.1) is 0 Å². The summed E-state index contributed by atoms with van der Waals surface area (Å²) in [5.74, 6) is 0.492. The first-order chi connectivity index (χ1) is 14.7. The average Bonchev–Trinajstić information content (AvgIpc) is 3.09. The van der Waals surface area contributed by atoms with Crippen molar-refractivity contribution in [3.8, 4) is 5.75 Å². The minimum atomic E-state index is -0.336. The maximum atomic E-state index is 12.2. The Kier molecular flexibility index (Phi) is 6.77. The van der Waals surface area contributed by atoms with Crippen LogP contribution in [0, 0.1) is 0 Å². The number of carbonyl (C=O) groups is 1. The number of piperazine rings is 1. The van der Waals surface area contributed by atoms with Crippen LogP contribution in [0.25, 0.3) is 0 Å². The number of benzene rings is 2. The minimum absolute atomic E-state index is 0.0310. The fourth-order valence-corrected chi connectivity index (χ4v) is 3.87. The molecule has 0 radical (unpaired) electrons. The molecule has 30 heavy (non-hydrogen) atoms. The van der Waals surface area contributed by atoms with Gasteiger partial charge in [-0.3, -0.25) is 9.79 Å². The number of nitrogens with one attached hydrogen (secondary N) is 1. The number of nitrogens with zero attached hydrogens (tertiary/aromatic N) is 3. The number of carbonyl (C=O) groups excluding carboxylic acids is 1. The second-order valence-electron chi connectivity index (χ2n) is 8.03. The van der Waals surface area contributed by atoms with Crippen molar-refractivity contribution in [1.82, 2.24) is 9.80 Å². The van der Waals surface area contributed by atoms with Crippen molar-refractivity contribution in [3.63, 3.8) is 0 Å². The highest BCUT2D eigenvalue weighted by atomic mass is 16.5. The Morgan fingerprint density at radius 1 is 1.07 bits per heavy atom. The molecular formula is C24H30N4O2. The van der Waals surface area contributed by atoms with Crippen LogP contribution in [0.15, 0.2) is 53.5 Å². The van der Waals surface area contributed by atoms with Gasteiger partial charge >= 0.3 is 0 Å². The van der Waals surface area contributed by atoms with Crippen molar-refractivity contribution < 1.29 is 9.53 Å². The zero-order chi connectivity index (χ0) is 20.8. The number of fused-ring (bicyclic) bond motifs is 1. The first kappa shape index (κ1) is 20.6. The molecule has 0 aliphatic carbocycles. The van der Waals surface area contributed by atoms with Gasteiger partial charge in [-0.05, 0) is 62.3 Å². The van der Waals surface area contributed by atoms with Gasteiger partial charge < -0.3 is 19.9 Å². The summed E-state index contributed by atoms with van der Waals surface area (Å²) in [7, 11) is 2.19. The van der Waals surface area contributed by atoms with Crippen LogP contribution in [-0.4, -0.2) is 68.3 Å². The summed E-state index contributed by atoms with van der Waals surface area (Å²) in [5.41, 5.74) is 2.66. The van der Waals surface area contributed by atoms with Gasteiger partial charge in [0.1, 0.15) is 11.7 Å². The lowest BCUT2D eigenvalue weighted by molar-refractivity contribution is -0.115. The lowest BCUT2D eigenvalue weighted by atomic mass is 10.0. The first-order valence-electron chi connectivity index (χ1n) is 10.8. The van der Waals surface area contributed by atoms with Crippen molar-refractivity contribution in [2.24, 2.45) is 4.99 Å². The smallest absolute Gasteiger partial charge is 0.237 e. The molecule has 1 N–H and O–H groups in total. The second-order valence-corrected chi connectivity index (χ2v) is 8.03. The number of hydrogen-bond donors (Lipinski definition) is 1. The first-order valence-corrected chi connectivity index (χ1v) is 10.8. The summed E-state index contributed by atoms with van der Waals surface area (Å²) in [5, 5.41) is 2.89. The third kappa shape index (κ3) is 5.26. The molecule has 2 aliphatic heterocycles. The van der Waals surface area contributed by atoms with E-state index in [1.54, 1.807) is 6.21 Å². The lowest BCUT2D eigenvalue weighted by Crippen LogP contribution is -2.44. The predicted molar refractivity (Wildman–Crippen MR) is 121 cm³/mol. The van der Waals surface area contributed by atoms with Crippen LogP contribution in [0.1, 0.15) is 24.3 Å². The van der Waals surface area contributed by atoms with Crippen LogP contribution >= 0.6 is 0 Å². The number of amides is 1. The van der Waals surface area contributed by atoms with Crippen molar-refractivity contribution in [2.75, 3.05) is 51.7 Å². The van der Waals surface area contributed by atoms with Gasteiger partial charge in [0, 0.05) is 38.1 Å². The molecule has 4 rings (SSSR count). The van der Waals surface area contributed by atoms with Crippen molar-refractivity contribution in [1.29, 1.82) is 0 Å². The molecule has 2 aromatic carbocycles. The Hall–Kier alpha value is -2.70. The molecular weight excluding hydrogens is 376 g/mol. The fraction of sp³-hybridized carbons (Fsp3) is 0.417. The van der Waals surface area contributed by atoms with E-state index in [-0.39, 0.29) is 11.8 Å². The van der Waals surface area contributed by atoms with E-state index < -0.39 is 0 Å². The van der Waals surface area contributed by atoms with Gasteiger partial charge in [-0.2, -0.15) is 0 Å². The molecule has 2 aliphatic rings. The molecule has 0 spiro atoms. The molecule has 6 nitrogen and oxygen atoms in total. The highest BCUT2D eigenvalue weighted by Gasteiger charge is 2.28. The molecule has 0 aromatic heterocycles. The zero-order valence-corrected chi connectivity index (χ0v) is 17.6. The summed E-state index contributed by atoms with van der Waals surface area (Å²) < 4.78 is 5.87. The third-order valence-electron chi connectivity index (χ3n) is 5.78. The van der Waals surface area contributed by atoms with E-state index in [9.17, 15) is 4.79 Å². The maximum absolute atomic E-state index is 12.2. The summed E-state index contributed by atoms with van der Waals surface area (Å²) in [6, 6.07) is 15.5. The van der Waals surface area contributed by atoms with Gasteiger partial charge in [-0.25, -0.2) is 0 Å². The van der Waals surface area contributed by atoms with E-state index in [0.717, 1.165) is 48.7 Å². The highest BCUT2D eigenvalue weighted by molar-refractivity contribution is 6.12. The van der Waals surface area contributed by atoms with Gasteiger partial charge in [0.25, 0.3) is 0 Å². The van der Waals surface area contributed by atoms with E-state index in [1.165, 1.54) is 26.2 Å². The highest BCUT2D eigenvalue weighted by Crippen LogP contribution is 2.31. The Morgan fingerprint density at radius 3 is 2.63 bits per heavy atom. The normalized spacial score (nSPS) is 19.8. The van der Waals surface area contributed by atoms with E-state index in [1.807, 2.05) is 48.5 Å². The molecule has 6 heteroatoms. The van der Waals surface area contributed by atoms with Gasteiger partial charge in [0.2, 0.25) is 5.91 Å². The molecule has 0 bridgehead atoms. The van der Waals surface area contributed by atoms with Gasteiger partial charge in [0.05, 0.1) is 12.3 Å². The standard InChI is InChI=1S/C24H30N4O2/c1-27-13-15-28(16-14-27)12-4-5-17-30-20-10-8-19(9-11-20)25-18-22-21-6-2-3-7-23(21)26-24(22)29/h2-3,6-11,18,22H,4-5,12-17H2,1H3,(H,26,29). The monoisotopic (exact) mass is 406 g/mol. The minimum Gasteiger partial charge on any atom is -0.494 e. The number of para-hydroxylation sites is 1. The van der Waals surface area contributed by atoms with Gasteiger partial charge in [0.15, 0.2) is 0 Å². The quantitative estimate of drug-likeness (QED) is 0.538. The molecule has 158 valence electrons. The number of ether oxygens (including phenoxy) is 1. The fourth-order valence-electron chi connectivity index (χ4n) is 3.87. The molecule has 2 aromatic rings. The van der Waals surface area contributed by atoms with Crippen LogP contribution in [0.4, 0.5) is 11.4 Å². The topological polar surface area (TPSA) is 57.2 Å². The molecule has 0 saturated carbocycles. The van der Waals surface area contributed by atoms with Crippen molar-refractivity contribution in [2.45, 2.75) is 18.8 Å². The van der Waals surface area contributed by atoms with Crippen LogP contribution in [0.3, 0.4) is 0 Å². The van der Waals surface area contributed by atoms with Crippen LogP contribution in [-0.2, 0) is 4.79 Å². The van der Waals surface area contributed by atoms with Crippen LogP contribution in [0.2, 0.25) is 0 Å². The number of unbranched alkanes of at least 4 members (excludes halogenated alkanes) is 1. The SMILES string of the molecule is CN1CCN(CCCCOc2ccc(N=CC3C(=O)Nc4ccccc43)cc2)CC1. The zero-order valence-electron chi connectivity index (χ0n) is 17.6. The molecule has 1 amide bonds. The summed E-state index contributed by atoms with van der Waals surface area (Å²) in [6.45, 7) is 6.57. The van der Waals surface area contributed by atoms with Crippen LogP contribution < -0.4 is 10.1 Å². The Balaban J connectivity index is 1.20. The molecule has 1 fully saturated rings. The largest absolute Gasteiger partial charge is 0.494 e. The molecule has 2 heterocycles. The number of anilines is 1. The van der Waals surface area contributed by atoms with Crippen LogP contribution in [0.5, 0.6) is 5.75 Å². The molecule has 1 unspecified atom stereocenters. The summed E-state index contributed by atoms with van der Waals surface area (Å²) in [4.78, 5) is 21.6. The Bertz CT molecular complexity index is 873. The van der Waals surface area contributed by atoms with E-state index in [4.69, 9.17) is 4.74 Å². The van der Waals surface area contributed by atoms with E-state index in [2.05, 4.69) is 27.2 Å². The van der Waals surface area contributed by atoms with Gasteiger partial charge in [-0.1, -0.05) is 18.2 Å². The Labute approximate surface area is 178 Å². The number of rotatable bonds is 8. The number of likely N-dealkylation sites (N-methyl/N-ethyl adjacent to an activating group) is 1. The van der Waals surface area contributed by atoms with E-state index in [0.29, 0.717) is 0 Å². The average molecular weight is 407 g/mol. The second kappa shape index (κ2) is 9.87. The summed E-state index contributed by atoms with van der Waals surface area (Å²) >= 11 is 0. The third-order valence-corrected chi connectivity index (χ3v) is 5.78. The number of hydrogen-bond acceptors (Lipinski definition) is 5. The van der Waals surface area contributed by atoms with Crippen molar-refractivity contribution >= 4 is 23.5 Å². The molecule has 1 atom stereocenters. The Morgan fingerprint density at radius 2 is 1.83 bits per heavy atom. The van der Waals surface area contributed by atoms with Crippen molar-refractivity contribution in [3.05, 3.63) is 54.1 Å². The number of aliphatic imine (C=N–C) groups is 1.